The van der Waals surface area contributed by atoms with Crippen molar-refractivity contribution in [3.63, 3.8) is 0 Å². The smallest absolute Gasteiger partial charge is 0.328 e. The molecule has 0 radical (unpaired) electrons. The fraction of sp³-hybridized carbons (Fsp3) is 0.200. The van der Waals surface area contributed by atoms with Gasteiger partial charge >= 0.3 is 5.97 Å². The largest absolute Gasteiger partial charge is 0.478 e. The summed E-state index contributed by atoms with van der Waals surface area (Å²) in [5.74, 6) is -0.924. The van der Waals surface area contributed by atoms with Gasteiger partial charge in [-0.1, -0.05) is 0 Å². The molecule has 0 atom stereocenters. The van der Waals surface area contributed by atoms with Crippen LogP contribution in [-0.2, 0) is 17.9 Å². The zero-order valence-electron chi connectivity index (χ0n) is 11.2. The van der Waals surface area contributed by atoms with Crippen LogP contribution in [0.3, 0.4) is 0 Å². The molecule has 0 aromatic carbocycles. The SMILES string of the molecule is CN(Cc1ccncc1)Cc1cc(C=CC(=O)O)cs1. The minimum absolute atomic E-state index is 0.841. The molecule has 0 spiro atoms. The van der Waals surface area contributed by atoms with E-state index in [2.05, 4.69) is 16.9 Å². The normalized spacial score (nSPS) is 11.3. The average Bonchev–Trinajstić information content (AvgIpc) is 2.85. The summed E-state index contributed by atoms with van der Waals surface area (Å²) in [7, 11) is 2.06. The maximum Gasteiger partial charge on any atom is 0.328 e. The molecule has 0 aliphatic heterocycles. The van der Waals surface area contributed by atoms with E-state index in [0.717, 1.165) is 24.7 Å². The first-order valence-electron chi connectivity index (χ1n) is 6.19. The van der Waals surface area contributed by atoms with Crippen LogP contribution in [0.15, 0.2) is 42.0 Å². The number of rotatable bonds is 6. The highest BCUT2D eigenvalue weighted by Crippen LogP contribution is 2.18. The number of pyridine rings is 1. The van der Waals surface area contributed by atoms with E-state index in [4.69, 9.17) is 5.11 Å². The van der Waals surface area contributed by atoms with Crippen molar-refractivity contribution < 1.29 is 9.90 Å². The minimum Gasteiger partial charge on any atom is -0.478 e. The van der Waals surface area contributed by atoms with Crippen molar-refractivity contribution in [2.75, 3.05) is 7.05 Å². The average molecular weight is 288 g/mol. The first-order chi connectivity index (χ1) is 9.63. The lowest BCUT2D eigenvalue weighted by molar-refractivity contribution is -0.131. The van der Waals surface area contributed by atoms with E-state index in [1.54, 1.807) is 29.8 Å². The molecule has 2 aromatic heterocycles. The van der Waals surface area contributed by atoms with Crippen molar-refractivity contribution >= 4 is 23.4 Å². The van der Waals surface area contributed by atoms with Crippen molar-refractivity contribution in [1.29, 1.82) is 0 Å². The third-order valence-electron chi connectivity index (χ3n) is 2.72. The maximum atomic E-state index is 10.5. The van der Waals surface area contributed by atoms with Crippen LogP contribution in [0.5, 0.6) is 0 Å². The molecule has 0 saturated heterocycles. The second-order valence-corrected chi connectivity index (χ2v) is 5.54. The second kappa shape index (κ2) is 6.98. The topological polar surface area (TPSA) is 53.4 Å². The Balaban J connectivity index is 1.91. The maximum absolute atomic E-state index is 10.5. The molecule has 2 rings (SSSR count). The summed E-state index contributed by atoms with van der Waals surface area (Å²) in [6.07, 6.45) is 6.37. The highest BCUT2D eigenvalue weighted by atomic mass is 32.1. The van der Waals surface area contributed by atoms with Crippen LogP contribution in [0, 0.1) is 0 Å². The Bertz CT molecular complexity index is 593. The van der Waals surface area contributed by atoms with Gasteiger partial charge in [-0.05, 0) is 47.8 Å². The monoisotopic (exact) mass is 288 g/mol. The molecule has 1 N–H and O–H groups in total. The predicted octanol–water partition coefficient (Wildman–Crippen LogP) is 2.87. The first kappa shape index (κ1) is 14.4. The highest BCUT2D eigenvalue weighted by molar-refractivity contribution is 7.10. The summed E-state index contributed by atoms with van der Waals surface area (Å²) in [5, 5.41) is 10.6. The predicted molar refractivity (Wildman–Crippen MR) is 80.4 cm³/mol. The van der Waals surface area contributed by atoms with Crippen LogP contribution in [0.4, 0.5) is 0 Å². The summed E-state index contributed by atoms with van der Waals surface area (Å²) < 4.78 is 0. The van der Waals surface area contributed by atoms with Crippen LogP contribution in [0.2, 0.25) is 0 Å². The van der Waals surface area contributed by atoms with Gasteiger partial charge in [0.1, 0.15) is 0 Å². The van der Waals surface area contributed by atoms with E-state index >= 15 is 0 Å². The zero-order valence-corrected chi connectivity index (χ0v) is 12.0. The molecule has 0 aliphatic carbocycles. The number of carboxylic acids is 1. The van der Waals surface area contributed by atoms with Crippen LogP contribution in [0.25, 0.3) is 6.08 Å². The molecule has 0 bridgehead atoms. The zero-order chi connectivity index (χ0) is 14.4. The van der Waals surface area contributed by atoms with Gasteiger partial charge in [0.15, 0.2) is 0 Å². The van der Waals surface area contributed by atoms with E-state index in [0.29, 0.717) is 0 Å². The molecule has 2 aromatic rings. The number of aromatic nitrogens is 1. The Morgan fingerprint density at radius 2 is 2.15 bits per heavy atom. The molecule has 4 nitrogen and oxygen atoms in total. The Labute approximate surface area is 122 Å². The molecule has 5 heteroatoms. The number of carboxylic acid groups (broad SMARTS) is 1. The molecule has 20 heavy (non-hydrogen) atoms. The van der Waals surface area contributed by atoms with Gasteiger partial charge in [0, 0.05) is 36.4 Å². The first-order valence-corrected chi connectivity index (χ1v) is 7.07. The van der Waals surface area contributed by atoms with Gasteiger partial charge in [0.05, 0.1) is 0 Å². The van der Waals surface area contributed by atoms with Crippen LogP contribution in [0.1, 0.15) is 16.0 Å². The fourth-order valence-corrected chi connectivity index (χ4v) is 2.79. The third-order valence-corrected chi connectivity index (χ3v) is 3.66. The van der Waals surface area contributed by atoms with Gasteiger partial charge in [0.25, 0.3) is 0 Å². The lowest BCUT2D eigenvalue weighted by Crippen LogP contribution is -2.16. The van der Waals surface area contributed by atoms with Crippen molar-refractivity contribution in [1.82, 2.24) is 9.88 Å². The number of aliphatic carboxylic acids is 1. The summed E-state index contributed by atoms with van der Waals surface area (Å²) in [5.41, 5.74) is 2.16. The summed E-state index contributed by atoms with van der Waals surface area (Å²) in [6, 6.07) is 6.03. The molecule has 2 heterocycles. The van der Waals surface area contributed by atoms with E-state index in [-0.39, 0.29) is 0 Å². The number of thiophene rings is 1. The quantitative estimate of drug-likeness (QED) is 0.830. The molecule has 0 amide bonds. The second-order valence-electron chi connectivity index (χ2n) is 4.55. The number of hydrogen-bond acceptors (Lipinski definition) is 4. The van der Waals surface area contributed by atoms with Gasteiger partial charge < -0.3 is 5.11 Å². The highest BCUT2D eigenvalue weighted by Gasteiger charge is 2.04. The molecular formula is C15H16N2O2S. The Hall–Kier alpha value is -1.98. The third kappa shape index (κ3) is 4.60. The molecule has 104 valence electrons. The Morgan fingerprint density at radius 1 is 1.40 bits per heavy atom. The van der Waals surface area contributed by atoms with E-state index in [1.165, 1.54) is 10.4 Å². The summed E-state index contributed by atoms with van der Waals surface area (Å²) >= 11 is 1.64. The van der Waals surface area contributed by atoms with Gasteiger partial charge in [-0.3, -0.25) is 9.88 Å². The van der Waals surface area contributed by atoms with Crippen LogP contribution in [-0.4, -0.2) is 28.0 Å². The van der Waals surface area contributed by atoms with Crippen molar-refractivity contribution in [2.45, 2.75) is 13.1 Å². The lowest BCUT2D eigenvalue weighted by atomic mass is 10.2. The lowest BCUT2D eigenvalue weighted by Gasteiger charge is -2.15. The minimum atomic E-state index is -0.924. The van der Waals surface area contributed by atoms with Crippen LogP contribution < -0.4 is 0 Å². The van der Waals surface area contributed by atoms with Crippen molar-refractivity contribution in [3.05, 3.63) is 58.1 Å². The van der Waals surface area contributed by atoms with E-state index < -0.39 is 5.97 Å². The number of nitrogens with zero attached hydrogens (tertiary/aromatic N) is 2. The summed E-state index contributed by atoms with van der Waals surface area (Å²) in [6.45, 7) is 1.70. The Morgan fingerprint density at radius 3 is 2.85 bits per heavy atom. The Kier molecular flexibility index (Phi) is 5.03. The number of carbonyl (C=O) groups is 1. The van der Waals surface area contributed by atoms with Gasteiger partial charge in [-0.2, -0.15) is 0 Å². The molecular weight excluding hydrogens is 272 g/mol. The molecule has 0 unspecified atom stereocenters. The van der Waals surface area contributed by atoms with Crippen molar-refractivity contribution in [3.8, 4) is 0 Å². The van der Waals surface area contributed by atoms with Gasteiger partial charge in [-0.25, -0.2) is 4.79 Å². The van der Waals surface area contributed by atoms with Gasteiger partial charge in [0.2, 0.25) is 0 Å². The van der Waals surface area contributed by atoms with Crippen LogP contribution >= 0.6 is 11.3 Å². The molecule has 0 fully saturated rings. The molecule has 0 aliphatic rings. The van der Waals surface area contributed by atoms with E-state index in [1.807, 2.05) is 23.6 Å². The van der Waals surface area contributed by atoms with Crippen molar-refractivity contribution in [2.24, 2.45) is 0 Å². The van der Waals surface area contributed by atoms with E-state index in [9.17, 15) is 4.79 Å². The van der Waals surface area contributed by atoms with Gasteiger partial charge in [-0.15, -0.1) is 11.3 Å². The number of hydrogen-bond donors (Lipinski definition) is 1. The molecule has 0 saturated carbocycles. The summed E-state index contributed by atoms with van der Waals surface area (Å²) in [4.78, 5) is 17.9. The fourth-order valence-electron chi connectivity index (χ4n) is 1.86. The standard InChI is InChI=1S/C15H16N2O2S/c1-17(9-12-4-6-16-7-5-12)10-14-8-13(11-20-14)2-3-15(18)19/h2-8,11H,9-10H2,1H3,(H,18,19).